The summed E-state index contributed by atoms with van der Waals surface area (Å²) in [6, 6.07) is 11.3. The molecule has 0 radical (unpaired) electrons. The quantitative estimate of drug-likeness (QED) is 0.898. The molecule has 0 unspecified atom stereocenters. The number of rotatable bonds is 3. The van der Waals surface area contributed by atoms with Gasteiger partial charge in [0.25, 0.3) is 0 Å². The second-order valence-corrected chi connectivity index (χ2v) is 5.38. The molecule has 110 valence electrons. The Labute approximate surface area is 124 Å². The lowest BCUT2D eigenvalue weighted by Crippen LogP contribution is -2.46. The summed E-state index contributed by atoms with van der Waals surface area (Å²) < 4.78 is 0. The zero-order valence-corrected chi connectivity index (χ0v) is 11.9. The van der Waals surface area contributed by atoms with Gasteiger partial charge in [-0.15, -0.1) is 0 Å². The van der Waals surface area contributed by atoms with Crippen LogP contribution in [0.3, 0.4) is 0 Å². The van der Waals surface area contributed by atoms with Gasteiger partial charge in [0, 0.05) is 32.7 Å². The first-order valence-corrected chi connectivity index (χ1v) is 7.17. The summed E-state index contributed by atoms with van der Waals surface area (Å²) in [6.07, 6.45) is 1.71. The second kappa shape index (κ2) is 6.01. The van der Waals surface area contributed by atoms with Gasteiger partial charge in [0.2, 0.25) is 0 Å². The van der Waals surface area contributed by atoms with Crippen molar-refractivity contribution in [2.75, 3.05) is 36.8 Å². The Morgan fingerprint density at radius 2 is 1.71 bits per heavy atom. The number of piperazine rings is 1. The first kappa shape index (κ1) is 13.7. The monoisotopic (exact) mass is 284 g/mol. The summed E-state index contributed by atoms with van der Waals surface area (Å²) in [7, 11) is 0. The Morgan fingerprint density at radius 3 is 2.33 bits per heavy atom. The molecule has 5 nitrogen and oxygen atoms in total. The first-order valence-electron chi connectivity index (χ1n) is 7.17. The molecular weight excluding hydrogens is 264 g/mol. The zero-order valence-electron chi connectivity index (χ0n) is 11.9. The molecule has 2 aromatic rings. The van der Waals surface area contributed by atoms with Crippen molar-refractivity contribution >= 4 is 11.5 Å². The molecular formula is C16H20N4O. The van der Waals surface area contributed by atoms with E-state index in [4.69, 9.17) is 5.73 Å². The molecule has 1 fully saturated rings. The topological polar surface area (TPSA) is 65.6 Å². The molecule has 1 aliphatic rings. The number of nitrogens with two attached hydrogens (primary N) is 1. The summed E-state index contributed by atoms with van der Waals surface area (Å²) in [5.74, 6) is 1.31. The highest BCUT2D eigenvalue weighted by Crippen LogP contribution is 2.17. The molecule has 1 aromatic heterocycles. The van der Waals surface area contributed by atoms with E-state index in [0.29, 0.717) is 11.4 Å². The normalized spacial score (nSPS) is 16.1. The molecule has 1 aliphatic heterocycles. The minimum atomic E-state index is 0.318. The number of nitrogen functional groups attached to an aromatic ring is 1. The van der Waals surface area contributed by atoms with Crippen molar-refractivity contribution in [1.82, 2.24) is 9.88 Å². The van der Waals surface area contributed by atoms with Crippen molar-refractivity contribution in [2.24, 2.45) is 0 Å². The molecule has 5 heteroatoms. The van der Waals surface area contributed by atoms with Crippen LogP contribution in [0, 0.1) is 0 Å². The minimum absolute atomic E-state index is 0.318. The highest BCUT2D eigenvalue weighted by Gasteiger charge is 2.17. The van der Waals surface area contributed by atoms with E-state index in [1.807, 2.05) is 24.3 Å². The van der Waals surface area contributed by atoms with Crippen molar-refractivity contribution in [2.45, 2.75) is 6.54 Å². The summed E-state index contributed by atoms with van der Waals surface area (Å²) in [6.45, 7) is 4.87. The maximum Gasteiger partial charge on any atom is 0.128 e. The average molecular weight is 284 g/mol. The van der Waals surface area contributed by atoms with E-state index in [0.717, 1.165) is 38.5 Å². The van der Waals surface area contributed by atoms with E-state index in [9.17, 15) is 5.11 Å². The third-order valence-electron chi connectivity index (χ3n) is 3.81. The Morgan fingerprint density at radius 1 is 1.00 bits per heavy atom. The number of anilines is 2. The van der Waals surface area contributed by atoms with Gasteiger partial charge < -0.3 is 15.7 Å². The van der Waals surface area contributed by atoms with Crippen LogP contribution in [0.2, 0.25) is 0 Å². The van der Waals surface area contributed by atoms with Gasteiger partial charge in [0.05, 0.1) is 11.9 Å². The summed E-state index contributed by atoms with van der Waals surface area (Å²) in [4.78, 5) is 9.08. The predicted octanol–water partition coefficient (Wildman–Crippen LogP) is 1.69. The van der Waals surface area contributed by atoms with Gasteiger partial charge in [0.15, 0.2) is 0 Å². The molecule has 3 rings (SSSR count). The van der Waals surface area contributed by atoms with Crippen LogP contribution in [0.1, 0.15) is 5.56 Å². The highest BCUT2D eigenvalue weighted by molar-refractivity contribution is 5.46. The molecule has 0 spiro atoms. The number of nitrogens with zero attached hydrogens (tertiary/aromatic N) is 3. The Kier molecular flexibility index (Phi) is 3.92. The van der Waals surface area contributed by atoms with Crippen LogP contribution < -0.4 is 10.6 Å². The lowest BCUT2D eigenvalue weighted by Gasteiger charge is -2.35. The fraction of sp³-hybridized carbons (Fsp3) is 0.312. The van der Waals surface area contributed by atoms with E-state index >= 15 is 0 Å². The van der Waals surface area contributed by atoms with Crippen LogP contribution in [0.5, 0.6) is 5.75 Å². The number of aromatic nitrogens is 1. The van der Waals surface area contributed by atoms with Crippen LogP contribution in [0.25, 0.3) is 0 Å². The van der Waals surface area contributed by atoms with Gasteiger partial charge in [-0.05, 0) is 29.8 Å². The van der Waals surface area contributed by atoms with Crippen molar-refractivity contribution in [1.29, 1.82) is 0 Å². The van der Waals surface area contributed by atoms with Crippen molar-refractivity contribution in [3.63, 3.8) is 0 Å². The number of phenolic OH excluding ortho intramolecular Hbond substituents is 1. The number of benzene rings is 1. The van der Waals surface area contributed by atoms with Crippen LogP contribution in [-0.4, -0.2) is 41.2 Å². The van der Waals surface area contributed by atoms with E-state index in [1.165, 1.54) is 5.56 Å². The molecule has 0 bridgehead atoms. The largest absolute Gasteiger partial charge is 0.508 e. The molecule has 1 aromatic carbocycles. The molecule has 2 heterocycles. The molecule has 0 atom stereocenters. The standard InChI is InChI=1S/C16H20N4O/c17-14-3-6-16(18-11-14)20-9-7-19(8-10-20)12-13-1-4-15(21)5-2-13/h1-6,11,21H,7-10,12,17H2. The zero-order chi connectivity index (χ0) is 14.7. The SMILES string of the molecule is Nc1ccc(N2CCN(Cc3ccc(O)cc3)CC2)nc1. The van der Waals surface area contributed by atoms with E-state index in [2.05, 4.69) is 14.8 Å². The van der Waals surface area contributed by atoms with Crippen molar-refractivity contribution < 1.29 is 5.11 Å². The lowest BCUT2D eigenvalue weighted by molar-refractivity contribution is 0.249. The third-order valence-corrected chi connectivity index (χ3v) is 3.81. The summed E-state index contributed by atoms with van der Waals surface area (Å²) >= 11 is 0. The molecule has 3 N–H and O–H groups in total. The van der Waals surface area contributed by atoms with Gasteiger partial charge in [-0.3, -0.25) is 4.90 Å². The molecule has 0 saturated carbocycles. The summed E-state index contributed by atoms with van der Waals surface area (Å²) in [5.41, 5.74) is 7.60. The maximum absolute atomic E-state index is 9.31. The maximum atomic E-state index is 9.31. The van der Waals surface area contributed by atoms with Gasteiger partial charge in [-0.1, -0.05) is 12.1 Å². The fourth-order valence-corrected chi connectivity index (χ4v) is 2.58. The van der Waals surface area contributed by atoms with E-state index in [-0.39, 0.29) is 0 Å². The number of pyridine rings is 1. The molecule has 0 amide bonds. The van der Waals surface area contributed by atoms with Gasteiger partial charge >= 0.3 is 0 Å². The smallest absolute Gasteiger partial charge is 0.128 e. The van der Waals surface area contributed by atoms with Crippen molar-refractivity contribution in [3.8, 4) is 5.75 Å². The Balaban J connectivity index is 1.55. The average Bonchev–Trinajstić information content (AvgIpc) is 2.51. The lowest BCUT2D eigenvalue weighted by atomic mass is 10.2. The minimum Gasteiger partial charge on any atom is -0.508 e. The van der Waals surface area contributed by atoms with Crippen LogP contribution in [-0.2, 0) is 6.54 Å². The van der Waals surface area contributed by atoms with Crippen LogP contribution in [0.15, 0.2) is 42.6 Å². The first-order chi connectivity index (χ1) is 10.2. The Hall–Kier alpha value is -2.27. The van der Waals surface area contributed by atoms with Crippen molar-refractivity contribution in [3.05, 3.63) is 48.2 Å². The van der Waals surface area contributed by atoms with Crippen LogP contribution >= 0.6 is 0 Å². The number of aromatic hydroxyl groups is 1. The second-order valence-electron chi connectivity index (χ2n) is 5.38. The molecule has 0 aliphatic carbocycles. The number of hydrogen-bond donors (Lipinski definition) is 2. The Bertz CT molecular complexity index is 574. The van der Waals surface area contributed by atoms with Gasteiger partial charge in [-0.2, -0.15) is 0 Å². The van der Waals surface area contributed by atoms with E-state index in [1.54, 1.807) is 18.3 Å². The number of hydrogen-bond acceptors (Lipinski definition) is 5. The summed E-state index contributed by atoms with van der Waals surface area (Å²) in [5, 5.41) is 9.31. The third kappa shape index (κ3) is 3.44. The van der Waals surface area contributed by atoms with Crippen LogP contribution in [0.4, 0.5) is 11.5 Å². The van der Waals surface area contributed by atoms with E-state index < -0.39 is 0 Å². The number of phenols is 1. The predicted molar refractivity (Wildman–Crippen MR) is 84.2 cm³/mol. The molecule has 1 saturated heterocycles. The highest BCUT2D eigenvalue weighted by atomic mass is 16.3. The van der Waals surface area contributed by atoms with Gasteiger partial charge in [-0.25, -0.2) is 4.98 Å². The molecule has 21 heavy (non-hydrogen) atoms. The fourth-order valence-electron chi connectivity index (χ4n) is 2.58. The van der Waals surface area contributed by atoms with Gasteiger partial charge in [0.1, 0.15) is 11.6 Å².